The topological polar surface area (TPSA) is 63.0 Å². The summed E-state index contributed by atoms with van der Waals surface area (Å²) >= 11 is 0. The lowest BCUT2D eigenvalue weighted by Crippen LogP contribution is -2.60. The fraction of sp³-hybridized carbons (Fsp3) is 0.586. The van der Waals surface area contributed by atoms with Gasteiger partial charge in [0.1, 0.15) is 11.3 Å². The SMILES string of the molecule is COc1cc(C)cc2oc(=O)c(CC(=O)N3CCCC4=CC5CC(CN6CCCCC56)C43)c(C)c12. The van der Waals surface area contributed by atoms with Crippen LogP contribution in [0.5, 0.6) is 5.75 Å². The molecule has 35 heavy (non-hydrogen) atoms. The standard InChI is InChI=1S/C29H36N2O4/c1-17-11-24(34-3)27-18(2)22(29(33)35-25(27)12-17)15-26(32)31-10-6-7-19-13-20-14-21(28(19)31)16-30-9-5-4-8-23(20)30/h11-13,20-21,23,28H,4-10,14-16H2,1-3H3. The number of nitrogens with zero attached hydrogens (tertiary/aromatic N) is 2. The lowest BCUT2D eigenvalue weighted by molar-refractivity contribution is -0.135. The first kappa shape index (κ1) is 22.8. The average molecular weight is 477 g/mol. The molecule has 1 aromatic carbocycles. The molecule has 186 valence electrons. The summed E-state index contributed by atoms with van der Waals surface area (Å²) in [6, 6.07) is 4.68. The highest BCUT2D eigenvalue weighted by Crippen LogP contribution is 2.45. The Kier molecular flexibility index (Phi) is 5.75. The third-order valence-electron chi connectivity index (χ3n) is 9.01. The van der Waals surface area contributed by atoms with Crippen molar-refractivity contribution in [2.24, 2.45) is 11.8 Å². The van der Waals surface area contributed by atoms with E-state index in [1.54, 1.807) is 7.11 Å². The molecular weight excluding hydrogens is 440 g/mol. The molecule has 3 aliphatic heterocycles. The molecule has 2 bridgehead atoms. The summed E-state index contributed by atoms with van der Waals surface area (Å²) in [5.74, 6) is 1.85. The molecule has 4 unspecified atom stereocenters. The second kappa shape index (κ2) is 8.81. The van der Waals surface area contributed by atoms with Crippen molar-refractivity contribution in [1.82, 2.24) is 9.80 Å². The lowest BCUT2D eigenvalue weighted by atomic mass is 9.68. The lowest BCUT2D eigenvalue weighted by Gasteiger charge is -2.54. The van der Waals surface area contributed by atoms with Crippen molar-refractivity contribution in [2.45, 2.75) is 70.9 Å². The summed E-state index contributed by atoms with van der Waals surface area (Å²) in [6.07, 6.45) is 9.85. The molecule has 0 spiro atoms. The Morgan fingerprint density at radius 2 is 2.03 bits per heavy atom. The normalized spacial score (nSPS) is 28.3. The molecule has 6 nitrogen and oxygen atoms in total. The van der Waals surface area contributed by atoms with Crippen LogP contribution in [0.15, 0.2) is 33.0 Å². The van der Waals surface area contributed by atoms with E-state index in [1.807, 2.05) is 26.0 Å². The molecule has 0 saturated carbocycles. The smallest absolute Gasteiger partial charge is 0.340 e. The zero-order valence-corrected chi connectivity index (χ0v) is 21.1. The second-order valence-electron chi connectivity index (χ2n) is 11.1. The highest BCUT2D eigenvalue weighted by Gasteiger charge is 2.46. The number of rotatable bonds is 3. The van der Waals surface area contributed by atoms with Gasteiger partial charge in [-0.05, 0) is 87.6 Å². The molecule has 0 N–H and O–H groups in total. The van der Waals surface area contributed by atoms with Crippen molar-refractivity contribution in [1.29, 1.82) is 0 Å². The first-order valence-electron chi connectivity index (χ1n) is 13.3. The summed E-state index contributed by atoms with van der Waals surface area (Å²) in [7, 11) is 1.62. The number of fused-ring (bicyclic) bond motifs is 7. The Hall–Kier alpha value is -2.60. The van der Waals surface area contributed by atoms with Crippen molar-refractivity contribution < 1.29 is 13.9 Å². The summed E-state index contributed by atoms with van der Waals surface area (Å²) in [5, 5.41) is 0.781. The first-order valence-corrected chi connectivity index (χ1v) is 13.3. The van der Waals surface area contributed by atoms with Gasteiger partial charge >= 0.3 is 5.63 Å². The van der Waals surface area contributed by atoms with E-state index in [0.717, 1.165) is 42.4 Å². The zero-order valence-electron chi connectivity index (χ0n) is 21.1. The van der Waals surface area contributed by atoms with E-state index in [1.165, 1.54) is 37.8 Å². The molecular formula is C29H36N2O4. The highest BCUT2D eigenvalue weighted by atomic mass is 16.5. The fourth-order valence-electron chi connectivity index (χ4n) is 7.51. The van der Waals surface area contributed by atoms with Crippen molar-refractivity contribution in [3.8, 4) is 5.75 Å². The summed E-state index contributed by atoms with van der Waals surface area (Å²) < 4.78 is 11.3. The predicted molar refractivity (Wildman–Crippen MR) is 136 cm³/mol. The molecule has 2 aromatic rings. The number of carbonyl (C=O) groups is 1. The van der Waals surface area contributed by atoms with Crippen molar-refractivity contribution in [2.75, 3.05) is 26.7 Å². The van der Waals surface area contributed by atoms with Crippen LogP contribution in [-0.4, -0.2) is 54.5 Å². The van der Waals surface area contributed by atoms with Gasteiger partial charge in [-0.2, -0.15) is 0 Å². The molecule has 4 heterocycles. The fourth-order valence-corrected chi connectivity index (χ4v) is 7.51. The van der Waals surface area contributed by atoms with Crippen molar-refractivity contribution in [3.63, 3.8) is 0 Å². The third-order valence-corrected chi connectivity index (χ3v) is 9.01. The Balaban J connectivity index is 1.32. The number of aryl methyl sites for hydroxylation is 2. The minimum atomic E-state index is -0.415. The van der Waals surface area contributed by atoms with E-state index in [9.17, 15) is 9.59 Å². The summed E-state index contributed by atoms with van der Waals surface area (Å²) in [6.45, 7) is 6.92. The van der Waals surface area contributed by atoms with E-state index >= 15 is 0 Å². The van der Waals surface area contributed by atoms with Gasteiger partial charge in [-0.15, -0.1) is 0 Å². The number of likely N-dealkylation sites (tertiary alicyclic amines) is 1. The van der Waals surface area contributed by atoms with Gasteiger partial charge in [-0.1, -0.05) is 18.1 Å². The monoisotopic (exact) mass is 476 g/mol. The van der Waals surface area contributed by atoms with Gasteiger partial charge in [0.15, 0.2) is 0 Å². The summed E-state index contributed by atoms with van der Waals surface area (Å²) in [5.41, 5.74) is 3.77. The average Bonchev–Trinajstić information content (AvgIpc) is 2.85. The maximum Gasteiger partial charge on any atom is 0.340 e. The van der Waals surface area contributed by atoms with Crippen LogP contribution in [0.25, 0.3) is 11.0 Å². The number of amides is 1. The van der Waals surface area contributed by atoms with Gasteiger partial charge in [0.2, 0.25) is 5.91 Å². The minimum Gasteiger partial charge on any atom is -0.496 e. The number of piperidine rings is 3. The maximum absolute atomic E-state index is 13.8. The molecule has 6 rings (SSSR count). The van der Waals surface area contributed by atoms with Crippen LogP contribution in [0.3, 0.4) is 0 Å². The molecule has 3 fully saturated rings. The van der Waals surface area contributed by atoms with Crippen LogP contribution >= 0.6 is 0 Å². The van der Waals surface area contributed by atoms with Gasteiger partial charge in [0.05, 0.1) is 30.5 Å². The van der Waals surface area contributed by atoms with Gasteiger partial charge < -0.3 is 14.1 Å². The molecule has 1 amide bonds. The van der Waals surface area contributed by atoms with Crippen LogP contribution in [0.2, 0.25) is 0 Å². The van der Waals surface area contributed by atoms with Gasteiger partial charge in [-0.25, -0.2) is 4.79 Å². The van der Waals surface area contributed by atoms with E-state index in [-0.39, 0.29) is 18.4 Å². The molecule has 6 heteroatoms. The van der Waals surface area contributed by atoms with Crippen molar-refractivity contribution >= 4 is 16.9 Å². The number of carbonyl (C=O) groups excluding carboxylic acids is 1. The van der Waals surface area contributed by atoms with Crippen LogP contribution in [0.1, 0.15) is 55.2 Å². The van der Waals surface area contributed by atoms with Gasteiger partial charge in [-0.3, -0.25) is 9.69 Å². The minimum absolute atomic E-state index is 0.0423. The highest BCUT2D eigenvalue weighted by molar-refractivity contribution is 5.90. The van der Waals surface area contributed by atoms with Crippen LogP contribution in [0.4, 0.5) is 0 Å². The molecule has 4 aliphatic rings. The molecule has 1 aromatic heterocycles. The largest absolute Gasteiger partial charge is 0.496 e. The number of ether oxygens (including phenoxy) is 1. The Labute approximate surface area is 206 Å². The quantitative estimate of drug-likeness (QED) is 0.486. The van der Waals surface area contributed by atoms with E-state index in [4.69, 9.17) is 9.15 Å². The van der Waals surface area contributed by atoms with Gasteiger partial charge in [0, 0.05) is 19.1 Å². The predicted octanol–water partition coefficient (Wildman–Crippen LogP) is 4.38. The Morgan fingerprint density at radius 1 is 1.17 bits per heavy atom. The van der Waals surface area contributed by atoms with Crippen molar-refractivity contribution in [3.05, 3.63) is 50.9 Å². The van der Waals surface area contributed by atoms with Crippen LogP contribution in [-0.2, 0) is 11.2 Å². The molecule has 0 radical (unpaired) electrons. The maximum atomic E-state index is 13.8. The Morgan fingerprint density at radius 3 is 2.86 bits per heavy atom. The number of hydrogen-bond donors (Lipinski definition) is 0. The number of benzene rings is 1. The second-order valence-corrected chi connectivity index (χ2v) is 11.1. The van der Waals surface area contributed by atoms with E-state index in [0.29, 0.717) is 34.8 Å². The van der Waals surface area contributed by atoms with Crippen LogP contribution < -0.4 is 10.4 Å². The van der Waals surface area contributed by atoms with Crippen LogP contribution in [0, 0.1) is 25.7 Å². The molecule has 1 aliphatic carbocycles. The summed E-state index contributed by atoms with van der Waals surface area (Å²) in [4.78, 5) is 31.6. The number of methoxy groups -OCH3 is 1. The number of hydrogen-bond acceptors (Lipinski definition) is 5. The molecule has 4 atom stereocenters. The molecule has 3 saturated heterocycles. The van der Waals surface area contributed by atoms with E-state index < -0.39 is 5.63 Å². The van der Waals surface area contributed by atoms with E-state index in [2.05, 4.69) is 15.9 Å². The zero-order chi connectivity index (χ0) is 24.3. The van der Waals surface area contributed by atoms with Gasteiger partial charge in [0.25, 0.3) is 0 Å². The first-order chi connectivity index (χ1) is 16.9. The third kappa shape index (κ3) is 3.81. The Bertz CT molecular complexity index is 1260.